The van der Waals surface area contributed by atoms with E-state index in [0.29, 0.717) is 6.92 Å². The van der Waals surface area contributed by atoms with Crippen LogP contribution in [0.3, 0.4) is 0 Å². The van der Waals surface area contributed by atoms with Crippen LogP contribution in [0.2, 0.25) is 0 Å². The Morgan fingerprint density at radius 1 is 1.21 bits per heavy atom. The van der Waals surface area contributed by atoms with Crippen LogP contribution in [0.25, 0.3) is 0 Å². The summed E-state index contributed by atoms with van der Waals surface area (Å²) in [5.41, 5.74) is -2.28. The van der Waals surface area contributed by atoms with E-state index in [9.17, 15) is 17.4 Å². The summed E-state index contributed by atoms with van der Waals surface area (Å²) in [7, 11) is -4.66. The van der Waals surface area contributed by atoms with Gasteiger partial charge in [-0.05, 0) is 27.7 Å². The molecule has 0 saturated heterocycles. The fraction of sp³-hybridized carbons (Fsp3) is 1.00. The van der Waals surface area contributed by atoms with Crippen LogP contribution in [0.15, 0.2) is 0 Å². The maximum absolute atomic E-state index is 11.3. The Morgan fingerprint density at radius 2 is 1.43 bits per heavy atom. The van der Waals surface area contributed by atoms with Crippen molar-refractivity contribution >= 4 is 10.1 Å². The lowest BCUT2D eigenvalue weighted by atomic mass is 10.5. The molecule has 1 unspecified atom stereocenters. The van der Waals surface area contributed by atoms with Gasteiger partial charge < -0.3 is 9.45 Å². The van der Waals surface area contributed by atoms with Crippen LogP contribution >= 0.6 is 0 Å². The second-order valence-corrected chi connectivity index (χ2v) is 4.48. The zero-order valence-electron chi connectivity index (χ0n) is 9.21. The van der Waals surface area contributed by atoms with Crippen molar-refractivity contribution in [2.45, 2.75) is 33.2 Å². The summed E-state index contributed by atoms with van der Waals surface area (Å²) in [4.78, 5) is 1.68. The Kier molecular flexibility index (Phi) is 9.44. The van der Waals surface area contributed by atoms with Crippen molar-refractivity contribution in [3.63, 3.8) is 0 Å². The normalized spacial score (nSPS) is 13.4. The highest BCUT2D eigenvalue weighted by atomic mass is 32.2. The van der Waals surface area contributed by atoms with Crippen LogP contribution in [0.1, 0.15) is 27.7 Å². The van der Waals surface area contributed by atoms with Crippen LogP contribution in [0, 0.1) is 0 Å². The third kappa shape index (κ3) is 9.88. The van der Waals surface area contributed by atoms with E-state index in [0.717, 1.165) is 0 Å². The number of hydrogen-bond donors (Lipinski definition) is 1. The summed E-state index contributed by atoms with van der Waals surface area (Å²) in [5.74, 6) is 0. The van der Waals surface area contributed by atoms with Gasteiger partial charge in [0.2, 0.25) is 0 Å². The second-order valence-electron chi connectivity index (χ2n) is 2.85. The van der Waals surface area contributed by atoms with Crippen LogP contribution in [0.5, 0.6) is 0 Å². The van der Waals surface area contributed by atoms with Gasteiger partial charge in [0.25, 0.3) is 0 Å². The molecule has 0 fully saturated rings. The Balaban J connectivity index is 0. The third-order valence-corrected chi connectivity index (χ3v) is 2.69. The first-order valence-electron chi connectivity index (χ1n) is 4.71. The van der Waals surface area contributed by atoms with E-state index in [1.54, 1.807) is 4.90 Å². The molecule has 1 N–H and O–H groups in total. The monoisotopic (exact) mass is 229 g/mol. The summed E-state index contributed by atoms with van der Waals surface area (Å²) < 4.78 is 39.5. The molecule has 0 aliphatic carbocycles. The van der Waals surface area contributed by atoms with Gasteiger partial charge in [-0.25, -0.2) is 12.8 Å². The smallest absolute Gasteiger partial charge is 0.186 e. The first-order chi connectivity index (χ1) is 6.29. The topological polar surface area (TPSA) is 61.6 Å². The summed E-state index contributed by atoms with van der Waals surface area (Å²) in [6.07, 6.45) is 0. The molecule has 88 valence electrons. The van der Waals surface area contributed by atoms with Gasteiger partial charge in [-0.15, -0.1) is 0 Å². The predicted octanol–water partition coefficient (Wildman–Crippen LogP) is -0.222. The first kappa shape index (κ1) is 16.2. The maximum atomic E-state index is 11.3. The number of halogens is 1. The van der Waals surface area contributed by atoms with Gasteiger partial charge in [0.15, 0.2) is 5.50 Å². The average Bonchev–Trinajstić information content (AvgIpc) is 2.07. The first-order valence-corrected chi connectivity index (χ1v) is 6.18. The molecule has 0 rings (SSSR count). The van der Waals surface area contributed by atoms with Gasteiger partial charge >= 0.3 is 0 Å². The Hall–Kier alpha value is -0.200. The molecule has 0 radical (unpaired) electrons. The highest BCUT2D eigenvalue weighted by molar-refractivity contribution is 7.86. The molecule has 0 aromatic heterocycles. The van der Waals surface area contributed by atoms with Crippen molar-refractivity contribution < 1.29 is 22.3 Å². The van der Waals surface area contributed by atoms with Crippen LogP contribution < -0.4 is 4.90 Å². The maximum Gasteiger partial charge on any atom is 0.186 e. The largest absolute Gasteiger partial charge is 0.746 e. The molecule has 0 bridgehead atoms. The van der Waals surface area contributed by atoms with E-state index in [4.69, 9.17) is 0 Å². The number of quaternary nitrogens is 1. The lowest BCUT2D eigenvalue weighted by Gasteiger charge is -2.10. The molecule has 0 saturated carbocycles. The molecule has 0 spiro atoms. The number of hydrogen-bond acceptors (Lipinski definition) is 3. The molecule has 1 atom stereocenters. The number of rotatable bonds is 4. The zero-order valence-corrected chi connectivity index (χ0v) is 10.0. The van der Waals surface area contributed by atoms with Gasteiger partial charge in [-0.1, -0.05) is 0 Å². The minimum Gasteiger partial charge on any atom is -0.746 e. The molecule has 4 nitrogen and oxygen atoms in total. The fourth-order valence-corrected chi connectivity index (χ4v) is 0.750. The Labute approximate surface area is 85.9 Å². The van der Waals surface area contributed by atoms with E-state index in [2.05, 4.69) is 20.8 Å². The lowest BCUT2D eigenvalue weighted by Crippen LogP contribution is -3.11. The van der Waals surface area contributed by atoms with E-state index in [-0.39, 0.29) is 0 Å². The number of nitrogens with one attached hydrogen (secondary N) is 1. The van der Waals surface area contributed by atoms with Crippen molar-refractivity contribution in [2.75, 3.05) is 19.6 Å². The minimum atomic E-state index is -4.66. The Morgan fingerprint density at radius 3 is 1.43 bits per heavy atom. The van der Waals surface area contributed by atoms with Crippen LogP contribution in [-0.2, 0) is 10.1 Å². The summed E-state index contributed by atoms with van der Waals surface area (Å²) in [5, 5.41) is 0. The van der Waals surface area contributed by atoms with Crippen molar-refractivity contribution in [2.24, 2.45) is 0 Å². The summed E-state index contributed by atoms with van der Waals surface area (Å²) >= 11 is 0. The van der Waals surface area contributed by atoms with E-state index >= 15 is 0 Å². The number of alkyl halides is 1. The highest BCUT2D eigenvalue weighted by Gasteiger charge is 2.03. The second kappa shape index (κ2) is 8.14. The summed E-state index contributed by atoms with van der Waals surface area (Å²) in [6, 6.07) is 0. The van der Waals surface area contributed by atoms with Crippen LogP contribution in [-0.4, -0.2) is 38.1 Å². The van der Waals surface area contributed by atoms with Crippen LogP contribution in [0.4, 0.5) is 4.39 Å². The minimum absolute atomic E-state index is 0.683. The quantitative estimate of drug-likeness (QED) is 0.678. The van der Waals surface area contributed by atoms with Gasteiger partial charge in [0.1, 0.15) is 10.1 Å². The van der Waals surface area contributed by atoms with Gasteiger partial charge in [0.05, 0.1) is 19.6 Å². The predicted molar refractivity (Wildman–Crippen MR) is 52.9 cm³/mol. The molecule has 6 heteroatoms. The zero-order chi connectivity index (χ0) is 11.8. The fourth-order valence-electron chi connectivity index (χ4n) is 0.750. The Bertz CT molecular complexity index is 207. The van der Waals surface area contributed by atoms with E-state index in [1.165, 1.54) is 19.6 Å². The lowest BCUT2D eigenvalue weighted by molar-refractivity contribution is -0.894. The highest BCUT2D eigenvalue weighted by Crippen LogP contribution is 1.95. The van der Waals surface area contributed by atoms with Crippen molar-refractivity contribution in [3.05, 3.63) is 0 Å². The van der Waals surface area contributed by atoms with Crippen molar-refractivity contribution in [3.8, 4) is 0 Å². The average molecular weight is 229 g/mol. The van der Waals surface area contributed by atoms with Crippen molar-refractivity contribution in [1.82, 2.24) is 0 Å². The molecular weight excluding hydrogens is 209 g/mol. The van der Waals surface area contributed by atoms with Gasteiger partial charge in [-0.2, -0.15) is 0 Å². The molecule has 0 amide bonds. The molecule has 14 heavy (non-hydrogen) atoms. The van der Waals surface area contributed by atoms with E-state index < -0.39 is 15.6 Å². The third-order valence-electron chi connectivity index (χ3n) is 1.90. The molecule has 0 aromatic rings. The SMILES string of the molecule is CC(F)S(=O)(=O)[O-].CC[NH+](CC)CC. The molecule has 0 aliphatic rings. The molecular formula is C8H20FNO3S. The van der Waals surface area contributed by atoms with Gasteiger partial charge in [-0.3, -0.25) is 0 Å². The molecule has 0 aromatic carbocycles. The van der Waals surface area contributed by atoms with Gasteiger partial charge in [0, 0.05) is 0 Å². The van der Waals surface area contributed by atoms with Crippen molar-refractivity contribution in [1.29, 1.82) is 0 Å². The summed E-state index contributed by atoms with van der Waals surface area (Å²) in [6.45, 7) is 11.2. The molecule has 0 aliphatic heterocycles. The van der Waals surface area contributed by atoms with E-state index in [1.807, 2.05) is 0 Å². The molecule has 0 heterocycles. The standard InChI is InChI=1S/C6H15N.C2H5FO3S/c1-4-7(5-2)6-3;1-2(3)7(4,5)6/h4-6H2,1-3H3;2H,1H3,(H,4,5,6).